The van der Waals surface area contributed by atoms with Gasteiger partial charge in [0.1, 0.15) is 11.5 Å². The predicted octanol–water partition coefficient (Wildman–Crippen LogP) is 4.20. The summed E-state index contributed by atoms with van der Waals surface area (Å²) in [6.45, 7) is 5.02. The first-order chi connectivity index (χ1) is 16.9. The summed E-state index contributed by atoms with van der Waals surface area (Å²) in [6.07, 6.45) is 5.49. The smallest absolute Gasteiger partial charge is 0.318 e. The number of aliphatic hydroxyl groups excluding tert-OH is 1. The average molecular weight is 528 g/mol. The van der Waals surface area contributed by atoms with E-state index in [0.717, 1.165) is 33.2 Å². The molecule has 2 aliphatic rings. The Morgan fingerprint density at radius 3 is 2.31 bits per heavy atom. The minimum Gasteiger partial charge on any atom is -0.467 e. The molecular formula is C24H35Cl2N5O4. The van der Waals surface area contributed by atoms with Crippen molar-refractivity contribution in [2.45, 2.75) is 45.1 Å². The molecule has 1 aromatic heterocycles. The molecule has 194 valence electrons. The molecule has 0 aliphatic carbocycles. The highest BCUT2D eigenvalue weighted by molar-refractivity contribution is 6.42. The van der Waals surface area contributed by atoms with Crippen LogP contribution in [0, 0.1) is 6.92 Å². The van der Waals surface area contributed by atoms with Crippen LogP contribution in [0.15, 0.2) is 18.2 Å². The number of nitrogens with zero attached hydrogens (tertiary/aromatic N) is 3. The number of ether oxygens (including phenoxy) is 2. The van der Waals surface area contributed by atoms with Gasteiger partial charge in [-0.2, -0.15) is 9.97 Å². The van der Waals surface area contributed by atoms with Crippen LogP contribution in [0.25, 0.3) is 0 Å². The minimum atomic E-state index is -0.155. The Labute approximate surface area is 216 Å². The fourth-order valence-electron chi connectivity index (χ4n) is 3.57. The van der Waals surface area contributed by atoms with Gasteiger partial charge in [-0.3, -0.25) is 4.79 Å². The molecule has 3 heterocycles. The number of hydrogen-bond acceptors (Lipinski definition) is 8. The van der Waals surface area contributed by atoms with E-state index in [0.29, 0.717) is 45.9 Å². The quantitative estimate of drug-likeness (QED) is 0.540. The number of aromatic nitrogens is 2. The molecule has 4 rings (SSSR count). The van der Waals surface area contributed by atoms with Crippen LogP contribution in [-0.4, -0.2) is 72.4 Å². The number of anilines is 2. The van der Waals surface area contributed by atoms with Crippen LogP contribution in [0.4, 0.5) is 11.5 Å². The summed E-state index contributed by atoms with van der Waals surface area (Å²) in [5.41, 5.74) is 7.55. The molecule has 4 N–H and O–H groups in total. The molecule has 0 radical (unpaired) electrons. The second kappa shape index (κ2) is 15.1. The standard InChI is InChI=1S/C18H21Cl2N5O2.C5H10O.CH4O/c1-10-15(17(26)25-7-5-11(21)6-8-25)23-18(27-2)24-16(10)22-12-3-4-13(19)14(20)9-12;1-2-4-6-5-3-1;1-2/h3-4,9,11H,5-8,21H2,1-2H3,(H,22,23,24);1-5H2;2H,1H3. The molecule has 1 amide bonds. The lowest BCUT2D eigenvalue weighted by molar-refractivity contribution is 0.0706. The first kappa shape index (κ1) is 29.1. The number of carbonyl (C=O) groups excluding carboxylic acids is 1. The van der Waals surface area contributed by atoms with E-state index < -0.39 is 0 Å². The number of benzene rings is 1. The normalized spacial score (nSPS) is 15.8. The van der Waals surface area contributed by atoms with Gasteiger partial charge >= 0.3 is 6.01 Å². The van der Waals surface area contributed by atoms with Crippen molar-refractivity contribution in [2.24, 2.45) is 5.73 Å². The second-order valence-corrected chi connectivity index (χ2v) is 8.90. The van der Waals surface area contributed by atoms with Crippen LogP contribution in [0.5, 0.6) is 6.01 Å². The number of halogens is 2. The summed E-state index contributed by atoms with van der Waals surface area (Å²) >= 11 is 12.0. The number of methoxy groups -OCH3 is 1. The largest absolute Gasteiger partial charge is 0.467 e. The molecule has 2 aliphatic heterocycles. The Morgan fingerprint density at radius 2 is 1.80 bits per heavy atom. The Balaban J connectivity index is 0.000000463. The fraction of sp³-hybridized carbons (Fsp3) is 0.542. The summed E-state index contributed by atoms with van der Waals surface area (Å²) in [5, 5.41) is 11.0. The first-order valence-electron chi connectivity index (χ1n) is 11.6. The van der Waals surface area contributed by atoms with Crippen molar-refractivity contribution >= 4 is 40.6 Å². The van der Waals surface area contributed by atoms with E-state index in [2.05, 4.69) is 15.3 Å². The van der Waals surface area contributed by atoms with E-state index in [-0.39, 0.29) is 18.0 Å². The van der Waals surface area contributed by atoms with Gasteiger partial charge in [-0.15, -0.1) is 0 Å². The van der Waals surface area contributed by atoms with E-state index in [9.17, 15) is 4.79 Å². The zero-order valence-corrected chi connectivity index (χ0v) is 22.0. The highest BCUT2D eigenvalue weighted by Gasteiger charge is 2.26. The number of amides is 1. The van der Waals surface area contributed by atoms with E-state index in [4.69, 9.17) is 43.5 Å². The molecule has 2 saturated heterocycles. The maximum Gasteiger partial charge on any atom is 0.318 e. The maximum atomic E-state index is 13.0. The van der Waals surface area contributed by atoms with Crippen LogP contribution in [0.3, 0.4) is 0 Å². The maximum absolute atomic E-state index is 13.0. The van der Waals surface area contributed by atoms with Gasteiger partial charge in [0.05, 0.1) is 17.2 Å². The first-order valence-corrected chi connectivity index (χ1v) is 12.4. The number of aliphatic hydroxyl groups is 1. The summed E-state index contributed by atoms with van der Waals surface area (Å²) in [4.78, 5) is 23.3. The lowest BCUT2D eigenvalue weighted by atomic mass is 10.1. The third-order valence-corrected chi connectivity index (χ3v) is 6.34. The van der Waals surface area contributed by atoms with Crippen molar-refractivity contribution in [3.05, 3.63) is 39.5 Å². The predicted molar refractivity (Wildman–Crippen MR) is 139 cm³/mol. The molecule has 1 aromatic carbocycles. The Hall–Kier alpha value is -2.17. The summed E-state index contributed by atoms with van der Waals surface area (Å²) in [7, 11) is 2.46. The van der Waals surface area contributed by atoms with Crippen molar-refractivity contribution in [2.75, 3.05) is 45.8 Å². The second-order valence-electron chi connectivity index (χ2n) is 8.09. The molecule has 9 nitrogen and oxygen atoms in total. The van der Waals surface area contributed by atoms with E-state index in [1.807, 2.05) is 0 Å². The number of nitrogens with two attached hydrogens (primary N) is 1. The van der Waals surface area contributed by atoms with Crippen molar-refractivity contribution < 1.29 is 19.4 Å². The monoisotopic (exact) mass is 527 g/mol. The summed E-state index contributed by atoms with van der Waals surface area (Å²) in [6, 6.07) is 5.40. The molecule has 11 heteroatoms. The SMILES string of the molecule is C1CCOCC1.CO.COc1nc(Nc2ccc(Cl)c(Cl)c2)c(C)c(C(=O)N2CCC(N)CC2)n1. The lowest BCUT2D eigenvalue weighted by Crippen LogP contribution is -2.43. The zero-order chi connectivity index (χ0) is 25.8. The molecule has 2 fully saturated rings. The molecule has 0 bridgehead atoms. The van der Waals surface area contributed by atoms with Crippen LogP contribution in [0.1, 0.15) is 48.2 Å². The average Bonchev–Trinajstić information content (AvgIpc) is 2.90. The van der Waals surface area contributed by atoms with Gasteiger partial charge in [-0.25, -0.2) is 0 Å². The number of likely N-dealkylation sites (tertiary alicyclic amines) is 1. The Morgan fingerprint density at radius 1 is 1.14 bits per heavy atom. The molecular weight excluding hydrogens is 493 g/mol. The van der Waals surface area contributed by atoms with Crippen molar-refractivity contribution in [3.63, 3.8) is 0 Å². The van der Waals surface area contributed by atoms with E-state index >= 15 is 0 Å². The third kappa shape index (κ3) is 8.77. The Kier molecular flexibility index (Phi) is 12.5. The number of hydrogen-bond donors (Lipinski definition) is 3. The number of rotatable bonds is 4. The number of carbonyl (C=O) groups is 1. The van der Waals surface area contributed by atoms with Gasteiger partial charge in [-0.1, -0.05) is 23.2 Å². The molecule has 2 aromatic rings. The zero-order valence-electron chi connectivity index (χ0n) is 20.5. The Bertz CT molecular complexity index is 940. The fourth-order valence-corrected chi connectivity index (χ4v) is 3.87. The van der Waals surface area contributed by atoms with Crippen LogP contribution in [-0.2, 0) is 4.74 Å². The number of nitrogens with one attached hydrogen (secondary N) is 1. The lowest BCUT2D eigenvalue weighted by Gasteiger charge is -2.30. The van der Waals surface area contributed by atoms with Crippen molar-refractivity contribution in [1.29, 1.82) is 0 Å². The van der Waals surface area contributed by atoms with Gasteiger partial charge in [0, 0.05) is 50.7 Å². The van der Waals surface area contributed by atoms with Crippen LogP contribution >= 0.6 is 23.2 Å². The van der Waals surface area contributed by atoms with Gasteiger partial charge in [0.15, 0.2) is 0 Å². The summed E-state index contributed by atoms with van der Waals surface area (Å²) < 4.78 is 10.3. The van der Waals surface area contributed by atoms with Crippen molar-refractivity contribution in [1.82, 2.24) is 14.9 Å². The van der Waals surface area contributed by atoms with E-state index in [1.54, 1.807) is 30.0 Å². The highest BCUT2D eigenvalue weighted by atomic mass is 35.5. The van der Waals surface area contributed by atoms with Gasteiger partial charge in [0.2, 0.25) is 0 Å². The molecule has 0 unspecified atom stereocenters. The van der Waals surface area contributed by atoms with Gasteiger partial charge in [0.25, 0.3) is 5.91 Å². The van der Waals surface area contributed by atoms with Crippen LogP contribution < -0.4 is 15.8 Å². The summed E-state index contributed by atoms with van der Waals surface area (Å²) in [5.74, 6) is 0.314. The minimum absolute atomic E-state index is 0.111. The topological polar surface area (TPSA) is 123 Å². The van der Waals surface area contributed by atoms with Gasteiger partial charge < -0.3 is 30.5 Å². The molecule has 0 atom stereocenters. The van der Waals surface area contributed by atoms with Crippen molar-refractivity contribution in [3.8, 4) is 6.01 Å². The van der Waals surface area contributed by atoms with E-state index in [1.165, 1.54) is 26.4 Å². The highest BCUT2D eigenvalue weighted by Crippen LogP contribution is 2.29. The van der Waals surface area contributed by atoms with Gasteiger partial charge in [-0.05, 0) is 57.2 Å². The molecule has 0 saturated carbocycles. The molecule has 35 heavy (non-hydrogen) atoms. The third-order valence-electron chi connectivity index (χ3n) is 5.60. The number of piperidine rings is 1. The molecule has 0 spiro atoms. The van der Waals surface area contributed by atoms with Crippen LogP contribution in [0.2, 0.25) is 10.0 Å².